The number of aromatic nitrogens is 2. The Morgan fingerprint density at radius 3 is 2.50 bits per heavy atom. The van der Waals surface area contributed by atoms with Crippen LogP contribution in [0.1, 0.15) is 10.4 Å². The summed E-state index contributed by atoms with van der Waals surface area (Å²) in [6, 6.07) is 13.6. The summed E-state index contributed by atoms with van der Waals surface area (Å²) in [6.07, 6.45) is 0. The van der Waals surface area contributed by atoms with Crippen LogP contribution in [0.25, 0.3) is 22.3 Å². The molecule has 0 aliphatic rings. The van der Waals surface area contributed by atoms with E-state index in [2.05, 4.69) is 9.97 Å². The van der Waals surface area contributed by atoms with Crippen LogP contribution >= 0.6 is 0 Å². The highest BCUT2D eigenvalue weighted by atomic mass is 16.4. The Labute approximate surface area is 113 Å². The molecule has 2 aromatic carbocycles. The molecule has 0 unspecified atom stereocenters. The van der Waals surface area contributed by atoms with E-state index in [0.29, 0.717) is 5.82 Å². The smallest absolute Gasteiger partial charge is 0.337 e. The van der Waals surface area contributed by atoms with Crippen molar-refractivity contribution in [2.45, 2.75) is 0 Å². The van der Waals surface area contributed by atoms with Crippen LogP contribution < -0.4 is 5.56 Å². The first-order chi connectivity index (χ1) is 9.66. The van der Waals surface area contributed by atoms with E-state index in [-0.39, 0.29) is 22.0 Å². The highest BCUT2D eigenvalue weighted by molar-refractivity contribution is 6.01. The molecule has 98 valence electrons. The highest BCUT2D eigenvalue weighted by Gasteiger charge is 2.13. The maximum absolute atomic E-state index is 12.1. The second kappa shape index (κ2) is 4.62. The van der Waals surface area contributed by atoms with Crippen molar-refractivity contribution in [1.29, 1.82) is 0 Å². The van der Waals surface area contributed by atoms with Crippen molar-refractivity contribution in [3.63, 3.8) is 0 Å². The number of aromatic carboxylic acids is 1. The van der Waals surface area contributed by atoms with Crippen molar-refractivity contribution in [1.82, 2.24) is 9.97 Å². The first-order valence-electron chi connectivity index (χ1n) is 5.98. The van der Waals surface area contributed by atoms with E-state index in [4.69, 9.17) is 0 Å². The van der Waals surface area contributed by atoms with Crippen LogP contribution in [0.4, 0.5) is 0 Å². The maximum atomic E-state index is 12.1. The van der Waals surface area contributed by atoms with Gasteiger partial charge in [-0.3, -0.25) is 4.79 Å². The van der Waals surface area contributed by atoms with E-state index in [1.54, 1.807) is 18.2 Å². The molecule has 3 rings (SSSR count). The predicted octanol–water partition coefficient (Wildman–Crippen LogP) is 2.29. The van der Waals surface area contributed by atoms with Gasteiger partial charge in [0.05, 0.1) is 16.5 Å². The van der Waals surface area contributed by atoms with Crippen LogP contribution in [0.15, 0.2) is 53.3 Å². The monoisotopic (exact) mass is 266 g/mol. The first kappa shape index (κ1) is 12.1. The fourth-order valence-electron chi connectivity index (χ4n) is 2.07. The summed E-state index contributed by atoms with van der Waals surface area (Å²) in [6.45, 7) is 0. The van der Waals surface area contributed by atoms with Gasteiger partial charge in [0, 0.05) is 5.56 Å². The highest BCUT2D eigenvalue weighted by Crippen LogP contribution is 2.18. The molecule has 5 nitrogen and oxygen atoms in total. The van der Waals surface area contributed by atoms with E-state index in [1.807, 2.05) is 18.2 Å². The summed E-state index contributed by atoms with van der Waals surface area (Å²) in [7, 11) is 0. The van der Waals surface area contributed by atoms with Gasteiger partial charge >= 0.3 is 5.97 Å². The number of nitrogens with zero attached hydrogens (tertiary/aromatic N) is 1. The van der Waals surface area contributed by atoms with Gasteiger partial charge < -0.3 is 10.1 Å². The summed E-state index contributed by atoms with van der Waals surface area (Å²) in [5.41, 5.74) is 0.594. The number of hydrogen-bond acceptors (Lipinski definition) is 3. The van der Waals surface area contributed by atoms with Crippen LogP contribution in [0.2, 0.25) is 0 Å². The van der Waals surface area contributed by atoms with E-state index in [0.717, 1.165) is 5.56 Å². The van der Waals surface area contributed by atoms with Gasteiger partial charge in [0.15, 0.2) is 0 Å². The Morgan fingerprint density at radius 2 is 1.80 bits per heavy atom. The Bertz CT molecular complexity index is 854. The van der Waals surface area contributed by atoms with Gasteiger partial charge in [0.1, 0.15) is 5.82 Å². The van der Waals surface area contributed by atoms with Crippen molar-refractivity contribution in [3.8, 4) is 11.4 Å². The third kappa shape index (κ3) is 1.95. The SMILES string of the molecule is O=C(O)c1cccc2c(=O)[nH]c(-c3ccccc3)nc12. The predicted molar refractivity (Wildman–Crippen MR) is 74.8 cm³/mol. The number of fused-ring (bicyclic) bond motifs is 1. The van der Waals surface area contributed by atoms with Crippen LogP contribution in [0.5, 0.6) is 0 Å². The van der Waals surface area contributed by atoms with Crippen molar-refractivity contribution >= 4 is 16.9 Å². The standard InChI is InChI=1S/C15H10N2O3/c18-14-10-7-4-8-11(15(19)20)12(10)16-13(17-14)9-5-2-1-3-6-9/h1-8H,(H,19,20)(H,16,17,18). The maximum Gasteiger partial charge on any atom is 0.337 e. The number of hydrogen-bond donors (Lipinski definition) is 2. The molecule has 3 aromatic rings. The zero-order chi connectivity index (χ0) is 14.1. The number of H-pyrrole nitrogens is 1. The Hall–Kier alpha value is -2.95. The zero-order valence-electron chi connectivity index (χ0n) is 10.3. The fourth-order valence-corrected chi connectivity index (χ4v) is 2.07. The number of nitrogens with one attached hydrogen (secondary N) is 1. The van der Waals surface area contributed by atoms with Gasteiger partial charge in [-0.15, -0.1) is 0 Å². The molecule has 0 amide bonds. The molecule has 0 spiro atoms. The molecule has 0 aliphatic carbocycles. The minimum absolute atomic E-state index is 0.0192. The number of carboxylic acid groups (broad SMARTS) is 1. The average molecular weight is 266 g/mol. The number of para-hydroxylation sites is 1. The Morgan fingerprint density at radius 1 is 1.05 bits per heavy atom. The molecule has 2 N–H and O–H groups in total. The third-order valence-corrected chi connectivity index (χ3v) is 3.01. The molecular formula is C15H10N2O3. The van der Waals surface area contributed by atoms with Crippen LogP contribution in [0.3, 0.4) is 0 Å². The lowest BCUT2D eigenvalue weighted by Gasteiger charge is -2.05. The van der Waals surface area contributed by atoms with E-state index < -0.39 is 5.97 Å². The van der Waals surface area contributed by atoms with Crippen LogP contribution in [-0.2, 0) is 0 Å². The van der Waals surface area contributed by atoms with Crippen molar-refractivity contribution in [3.05, 3.63) is 64.4 Å². The van der Waals surface area contributed by atoms with E-state index in [1.165, 1.54) is 12.1 Å². The van der Waals surface area contributed by atoms with Gasteiger partial charge in [-0.05, 0) is 12.1 Å². The van der Waals surface area contributed by atoms with Gasteiger partial charge in [0.2, 0.25) is 0 Å². The molecule has 0 radical (unpaired) electrons. The number of aromatic amines is 1. The lowest BCUT2D eigenvalue weighted by Crippen LogP contribution is -2.12. The van der Waals surface area contributed by atoms with Gasteiger partial charge in [0.25, 0.3) is 5.56 Å². The average Bonchev–Trinajstić information content (AvgIpc) is 2.47. The summed E-state index contributed by atoms with van der Waals surface area (Å²) in [5.74, 6) is -0.746. The molecule has 5 heteroatoms. The number of rotatable bonds is 2. The normalized spacial score (nSPS) is 10.6. The van der Waals surface area contributed by atoms with Crippen molar-refractivity contribution in [2.24, 2.45) is 0 Å². The second-order valence-corrected chi connectivity index (χ2v) is 4.29. The minimum Gasteiger partial charge on any atom is -0.478 e. The summed E-state index contributed by atoms with van der Waals surface area (Å²) in [5, 5.41) is 9.45. The first-order valence-corrected chi connectivity index (χ1v) is 5.98. The zero-order valence-corrected chi connectivity index (χ0v) is 10.3. The summed E-state index contributed by atoms with van der Waals surface area (Å²) in [4.78, 5) is 30.2. The lowest BCUT2D eigenvalue weighted by atomic mass is 10.1. The van der Waals surface area contributed by atoms with E-state index >= 15 is 0 Å². The molecule has 0 atom stereocenters. The third-order valence-electron chi connectivity index (χ3n) is 3.01. The van der Waals surface area contributed by atoms with E-state index in [9.17, 15) is 14.7 Å². The number of carboxylic acids is 1. The topological polar surface area (TPSA) is 83.0 Å². The molecule has 1 heterocycles. The molecule has 0 saturated heterocycles. The number of benzene rings is 2. The summed E-state index contributed by atoms with van der Waals surface area (Å²) < 4.78 is 0. The lowest BCUT2D eigenvalue weighted by molar-refractivity contribution is 0.0699. The quantitative estimate of drug-likeness (QED) is 0.745. The fraction of sp³-hybridized carbons (Fsp3) is 0. The van der Waals surface area contributed by atoms with Gasteiger partial charge in [-0.25, -0.2) is 9.78 Å². The van der Waals surface area contributed by atoms with Crippen LogP contribution in [0, 0.1) is 0 Å². The largest absolute Gasteiger partial charge is 0.478 e. The van der Waals surface area contributed by atoms with Crippen molar-refractivity contribution in [2.75, 3.05) is 0 Å². The molecule has 20 heavy (non-hydrogen) atoms. The van der Waals surface area contributed by atoms with Gasteiger partial charge in [-0.1, -0.05) is 36.4 Å². The number of carbonyl (C=O) groups is 1. The molecule has 0 aliphatic heterocycles. The summed E-state index contributed by atoms with van der Waals surface area (Å²) >= 11 is 0. The Balaban J connectivity index is 2.36. The minimum atomic E-state index is -1.10. The second-order valence-electron chi connectivity index (χ2n) is 4.29. The molecule has 0 saturated carbocycles. The molecule has 1 aromatic heterocycles. The van der Waals surface area contributed by atoms with Crippen LogP contribution in [-0.4, -0.2) is 21.0 Å². The van der Waals surface area contributed by atoms with Crippen molar-refractivity contribution < 1.29 is 9.90 Å². The molecule has 0 fully saturated rings. The Kier molecular flexibility index (Phi) is 2.80. The molecular weight excluding hydrogens is 256 g/mol. The van der Waals surface area contributed by atoms with Gasteiger partial charge in [-0.2, -0.15) is 0 Å². The molecule has 0 bridgehead atoms.